The summed E-state index contributed by atoms with van der Waals surface area (Å²) in [4.78, 5) is 25.4. The summed E-state index contributed by atoms with van der Waals surface area (Å²) in [7, 11) is 0. The standard InChI is InChI=1S/C12H17N3O2S/c1-8(15-5-2-3-6-15)11(17)14-12-9(10(13)16)4-7-18-12/h4,7-8H,2-3,5-6H2,1H3,(H2,13,16)(H,14,17)/t8-/m1/s1. The fraction of sp³-hybridized carbons (Fsp3) is 0.500. The van der Waals surface area contributed by atoms with Gasteiger partial charge in [-0.2, -0.15) is 0 Å². The van der Waals surface area contributed by atoms with Crippen molar-refractivity contribution in [2.45, 2.75) is 25.8 Å². The van der Waals surface area contributed by atoms with Gasteiger partial charge in [-0.05, 0) is 44.3 Å². The molecule has 2 amide bonds. The Kier molecular flexibility index (Phi) is 3.98. The molecule has 3 N–H and O–H groups in total. The number of anilines is 1. The molecule has 98 valence electrons. The predicted molar refractivity (Wildman–Crippen MR) is 71.7 cm³/mol. The Morgan fingerprint density at radius 1 is 1.44 bits per heavy atom. The lowest BCUT2D eigenvalue weighted by Gasteiger charge is -2.22. The van der Waals surface area contributed by atoms with Gasteiger partial charge in [-0.15, -0.1) is 11.3 Å². The van der Waals surface area contributed by atoms with Crippen LogP contribution in [0.15, 0.2) is 11.4 Å². The maximum atomic E-state index is 12.1. The number of primary amides is 1. The molecule has 0 unspecified atom stereocenters. The van der Waals surface area contributed by atoms with Gasteiger partial charge in [0.2, 0.25) is 5.91 Å². The van der Waals surface area contributed by atoms with Crippen LogP contribution in [0.1, 0.15) is 30.1 Å². The second-order valence-corrected chi connectivity index (χ2v) is 5.35. The molecule has 0 bridgehead atoms. The molecule has 2 rings (SSSR count). The van der Waals surface area contributed by atoms with Gasteiger partial charge in [-0.3, -0.25) is 14.5 Å². The van der Waals surface area contributed by atoms with Crippen molar-refractivity contribution >= 4 is 28.2 Å². The number of rotatable bonds is 4. The van der Waals surface area contributed by atoms with E-state index in [-0.39, 0.29) is 11.9 Å². The molecule has 1 aromatic heterocycles. The summed E-state index contributed by atoms with van der Waals surface area (Å²) in [6.07, 6.45) is 2.28. The van der Waals surface area contributed by atoms with E-state index in [1.54, 1.807) is 11.4 Å². The number of carbonyl (C=O) groups excluding carboxylic acids is 2. The number of nitrogens with zero attached hydrogens (tertiary/aromatic N) is 1. The van der Waals surface area contributed by atoms with E-state index in [9.17, 15) is 9.59 Å². The molecule has 1 aliphatic heterocycles. The molecule has 18 heavy (non-hydrogen) atoms. The zero-order valence-electron chi connectivity index (χ0n) is 10.3. The van der Waals surface area contributed by atoms with E-state index in [1.165, 1.54) is 11.3 Å². The first-order chi connectivity index (χ1) is 8.59. The minimum atomic E-state index is -0.514. The Hall–Kier alpha value is -1.40. The number of amides is 2. The van der Waals surface area contributed by atoms with E-state index in [4.69, 9.17) is 5.73 Å². The van der Waals surface area contributed by atoms with Gasteiger partial charge in [-0.1, -0.05) is 0 Å². The lowest BCUT2D eigenvalue weighted by Crippen LogP contribution is -2.40. The van der Waals surface area contributed by atoms with Gasteiger partial charge in [0, 0.05) is 0 Å². The Morgan fingerprint density at radius 2 is 2.11 bits per heavy atom. The maximum Gasteiger partial charge on any atom is 0.251 e. The van der Waals surface area contributed by atoms with Crippen LogP contribution in [0.2, 0.25) is 0 Å². The number of likely N-dealkylation sites (tertiary alicyclic amines) is 1. The summed E-state index contributed by atoms with van der Waals surface area (Å²) >= 11 is 1.31. The van der Waals surface area contributed by atoms with Gasteiger partial charge < -0.3 is 11.1 Å². The van der Waals surface area contributed by atoms with Gasteiger partial charge in [0.15, 0.2) is 0 Å². The van der Waals surface area contributed by atoms with Crippen molar-refractivity contribution in [2.75, 3.05) is 18.4 Å². The van der Waals surface area contributed by atoms with E-state index < -0.39 is 5.91 Å². The highest BCUT2D eigenvalue weighted by molar-refractivity contribution is 7.14. The quantitative estimate of drug-likeness (QED) is 0.862. The molecule has 1 atom stereocenters. The van der Waals surface area contributed by atoms with Gasteiger partial charge in [0.25, 0.3) is 5.91 Å². The molecule has 1 aliphatic rings. The first-order valence-corrected chi connectivity index (χ1v) is 6.90. The molecule has 1 saturated heterocycles. The smallest absolute Gasteiger partial charge is 0.251 e. The Balaban J connectivity index is 2.02. The zero-order chi connectivity index (χ0) is 13.1. The van der Waals surface area contributed by atoms with Gasteiger partial charge in [0.1, 0.15) is 5.00 Å². The van der Waals surface area contributed by atoms with Crippen molar-refractivity contribution in [3.05, 3.63) is 17.0 Å². The van der Waals surface area contributed by atoms with Crippen molar-refractivity contribution in [3.8, 4) is 0 Å². The van der Waals surface area contributed by atoms with Crippen LogP contribution in [0.25, 0.3) is 0 Å². The summed E-state index contributed by atoms with van der Waals surface area (Å²) in [6.45, 7) is 3.81. The van der Waals surface area contributed by atoms with Gasteiger partial charge in [-0.25, -0.2) is 0 Å². The fourth-order valence-corrected chi connectivity index (χ4v) is 2.91. The topological polar surface area (TPSA) is 75.4 Å². The third-order valence-corrected chi connectivity index (χ3v) is 4.07. The molecule has 0 spiro atoms. The van der Waals surface area contributed by atoms with Crippen molar-refractivity contribution in [3.63, 3.8) is 0 Å². The molecule has 0 aliphatic carbocycles. The van der Waals surface area contributed by atoms with Gasteiger partial charge >= 0.3 is 0 Å². The van der Waals surface area contributed by atoms with E-state index in [0.717, 1.165) is 25.9 Å². The first kappa shape index (κ1) is 13.0. The summed E-state index contributed by atoms with van der Waals surface area (Å²) < 4.78 is 0. The molecular weight excluding hydrogens is 250 g/mol. The Labute approximate surface area is 110 Å². The molecule has 0 saturated carbocycles. The monoisotopic (exact) mass is 267 g/mol. The SMILES string of the molecule is C[C@H](C(=O)Nc1sccc1C(N)=O)N1CCCC1. The number of hydrogen-bond acceptors (Lipinski definition) is 4. The van der Waals surface area contributed by atoms with E-state index in [2.05, 4.69) is 10.2 Å². The molecule has 0 aromatic carbocycles. The van der Waals surface area contributed by atoms with Crippen LogP contribution in [0.4, 0.5) is 5.00 Å². The summed E-state index contributed by atoms with van der Waals surface area (Å²) in [5.41, 5.74) is 5.62. The van der Waals surface area contributed by atoms with Crippen LogP contribution in [0, 0.1) is 0 Å². The Bertz CT molecular complexity index is 452. The third-order valence-electron chi connectivity index (χ3n) is 3.24. The van der Waals surface area contributed by atoms with Crippen LogP contribution in [-0.2, 0) is 4.79 Å². The number of nitrogens with two attached hydrogens (primary N) is 1. The molecule has 1 fully saturated rings. The molecule has 2 heterocycles. The van der Waals surface area contributed by atoms with E-state index >= 15 is 0 Å². The molecular formula is C12H17N3O2S. The Morgan fingerprint density at radius 3 is 2.72 bits per heavy atom. The van der Waals surface area contributed by atoms with E-state index in [1.807, 2.05) is 6.92 Å². The van der Waals surface area contributed by atoms with Crippen LogP contribution >= 0.6 is 11.3 Å². The average Bonchev–Trinajstić information content (AvgIpc) is 2.98. The third kappa shape index (κ3) is 2.70. The highest BCUT2D eigenvalue weighted by Gasteiger charge is 2.25. The van der Waals surface area contributed by atoms with Crippen LogP contribution in [0.5, 0.6) is 0 Å². The number of hydrogen-bond donors (Lipinski definition) is 2. The lowest BCUT2D eigenvalue weighted by atomic mass is 10.2. The van der Waals surface area contributed by atoms with Crippen molar-refractivity contribution in [1.29, 1.82) is 0 Å². The number of carbonyl (C=O) groups is 2. The van der Waals surface area contributed by atoms with Crippen molar-refractivity contribution in [2.24, 2.45) is 5.73 Å². The highest BCUT2D eigenvalue weighted by Crippen LogP contribution is 2.23. The minimum Gasteiger partial charge on any atom is -0.366 e. The lowest BCUT2D eigenvalue weighted by molar-refractivity contribution is -0.120. The van der Waals surface area contributed by atoms with Crippen LogP contribution in [-0.4, -0.2) is 35.8 Å². The summed E-state index contributed by atoms with van der Waals surface area (Å²) in [5, 5.41) is 5.07. The maximum absolute atomic E-state index is 12.1. The number of nitrogens with one attached hydrogen (secondary N) is 1. The molecule has 5 nitrogen and oxygen atoms in total. The largest absolute Gasteiger partial charge is 0.366 e. The van der Waals surface area contributed by atoms with E-state index in [0.29, 0.717) is 10.6 Å². The zero-order valence-corrected chi connectivity index (χ0v) is 11.1. The average molecular weight is 267 g/mol. The molecule has 0 radical (unpaired) electrons. The first-order valence-electron chi connectivity index (χ1n) is 6.02. The van der Waals surface area contributed by atoms with Crippen molar-refractivity contribution in [1.82, 2.24) is 4.90 Å². The second-order valence-electron chi connectivity index (χ2n) is 4.44. The molecule has 1 aromatic rings. The minimum absolute atomic E-state index is 0.0816. The number of thiophene rings is 1. The van der Waals surface area contributed by atoms with Crippen LogP contribution in [0.3, 0.4) is 0 Å². The molecule has 6 heteroatoms. The predicted octanol–water partition coefficient (Wildman–Crippen LogP) is 1.27. The van der Waals surface area contributed by atoms with Crippen LogP contribution < -0.4 is 11.1 Å². The van der Waals surface area contributed by atoms with Crippen molar-refractivity contribution < 1.29 is 9.59 Å². The highest BCUT2D eigenvalue weighted by atomic mass is 32.1. The second kappa shape index (κ2) is 5.49. The fourth-order valence-electron chi connectivity index (χ4n) is 2.11. The summed E-state index contributed by atoms with van der Waals surface area (Å²) in [5.74, 6) is -0.595. The normalized spacial score (nSPS) is 17.6. The summed E-state index contributed by atoms with van der Waals surface area (Å²) in [6, 6.07) is 1.46. The van der Waals surface area contributed by atoms with Gasteiger partial charge in [0.05, 0.1) is 11.6 Å².